The second kappa shape index (κ2) is 13.8. The minimum absolute atomic E-state index is 0.140. The van der Waals surface area contributed by atoms with E-state index in [9.17, 15) is 29.4 Å². The molecule has 0 aliphatic carbocycles. The molecule has 0 aliphatic heterocycles. The van der Waals surface area contributed by atoms with E-state index < -0.39 is 18.5 Å². The van der Waals surface area contributed by atoms with Crippen LogP contribution in [0.2, 0.25) is 0 Å². The number of aromatic nitrogens is 1. The molecular formula is C26H28N6O6S-2. The van der Waals surface area contributed by atoms with Crippen molar-refractivity contribution in [1.82, 2.24) is 20.9 Å². The zero-order chi connectivity index (χ0) is 28.4. The lowest BCUT2D eigenvalue weighted by molar-refractivity contribution is -0.255. The molecule has 1 aromatic heterocycles. The molecule has 0 fully saturated rings. The number of carboxylic acid groups (broad SMARTS) is 2. The molecule has 0 atom stereocenters. The first-order chi connectivity index (χ1) is 18.6. The van der Waals surface area contributed by atoms with Gasteiger partial charge in [-0.1, -0.05) is 24.3 Å². The first-order valence-corrected chi connectivity index (χ1v) is 12.8. The van der Waals surface area contributed by atoms with Crippen LogP contribution in [0.15, 0.2) is 48.5 Å². The molecule has 0 unspecified atom stereocenters. The molecule has 12 nitrogen and oxygen atoms in total. The predicted molar refractivity (Wildman–Crippen MR) is 142 cm³/mol. The zero-order valence-electron chi connectivity index (χ0n) is 21.3. The van der Waals surface area contributed by atoms with Gasteiger partial charge in [-0.25, -0.2) is 4.98 Å². The van der Waals surface area contributed by atoms with Gasteiger partial charge in [-0.15, -0.1) is 11.3 Å². The van der Waals surface area contributed by atoms with Crippen molar-refractivity contribution >= 4 is 46.2 Å². The number of nitrogens with one attached hydrogen (secondary N) is 5. The number of hydrogen-bond acceptors (Lipinski definition) is 9. The van der Waals surface area contributed by atoms with Crippen LogP contribution in [0.1, 0.15) is 39.0 Å². The number of aryl methyl sites for hydroxylation is 4. The third-order valence-corrected chi connectivity index (χ3v) is 6.66. The molecule has 4 amide bonds. The standard InChI is InChI=1S/C26H30N6O6S/c1-15(33)28-24-30-20(21(39-24)14-8-16-3-9-18(10-4-16)22(34)27-2)13-7-17-5-11-19(12-6-17)29-23(31-25(35)36)32-26(37)38/h3-6,9-12,23,29,31-32H,7-8,13-14H2,1-2H3,(H,27,34)(H,35,36)(H,37,38)(H,28,30,33)/p-2. The molecule has 0 spiro atoms. The largest absolute Gasteiger partial charge is 0.530 e. The molecule has 0 saturated carbocycles. The summed E-state index contributed by atoms with van der Waals surface area (Å²) in [6.45, 7) is 1.43. The number of amides is 4. The van der Waals surface area contributed by atoms with Crippen molar-refractivity contribution in [1.29, 1.82) is 0 Å². The Morgan fingerprint density at radius 3 is 1.95 bits per heavy atom. The molecule has 206 valence electrons. The lowest BCUT2D eigenvalue weighted by atomic mass is 10.0. The van der Waals surface area contributed by atoms with E-state index in [0.717, 1.165) is 28.1 Å². The van der Waals surface area contributed by atoms with Crippen molar-refractivity contribution in [3.8, 4) is 0 Å². The van der Waals surface area contributed by atoms with Crippen LogP contribution in [-0.4, -0.2) is 42.3 Å². The van der Waals surface area contributed by atoms with Crippen molar-refractivity contribution in [2.45, 2.75) is 38.9 Å². The molecule has 2 aromatic carbocycles. The molecule has 0 radical (unpaired) electrons. The number of rotatable bonds is 12. The predicted octanol–water partition coefficient (Wildman–Crippen LogP) is 0.593. The van der Waals surface area contributed by atoms with E-state index in [1.54, 1.807) is 31.3 Å². The third kappa shape index (κ3) is 9.31. The maximum atomic E-state index is 11.8. The average molecular weight is 553 g/mol. The van der Waals surface area contributed by atoms with E-state index in [1.807, 2.05) is 34.9 Å². The molecule has 39 heavy (non-hydrogen) atoms. The maximum Gasteiger partial charge on any atom is 0.251 e. The van der Waals surface area contributed by atoms with Gasteiger partial charge in [0.05, 0.1) is 5.69 Å². The molecule has 13 heteroatoms. The molecule has 3 rings (SSSR count). The van der Waals surface area contributed by atoms with E-state index in [1.165, 1.54) is 18.3 Å². The normalized spacial score (nSPS) is 10.5. The van der Waals surface area contributed by atoms with Gasteiger partial charge in [-0.3, -0.25) is 9.59 Å². The highest BCUT2D eigenvalue weighted by molar-refractivity contribution is 7.15. The highest BCUT2D eigenvalue weighted by Gasteiger charge is 2.14. The van der Waals surface area contributed by atoms with Gasteiger partial charge in [0.25, 0.3) is 5.91 Å². The smallest absolute Gasteiger partial charge is 0.251 e. The summed E-state index contributed by atoms with van der Waals surface area (Å²) in [5.41, 5.74) is 3.99. The van der Waals surface area contributed by atoms with Gasteiger partial charge in [-0.05, 0) is 61.1 Å². The summed E-state index contributed by atoms with van der Waals surface area (Å²) in [6.07, 6.45) is -1.93. The van der Waals surface area contributed by atoms with E-state index in [-0.39, 0.29) is 11.8 Å². The summed E-state index contributed by atoms with van der Waals surface area (Å²) in [5.74, 6) is -0.340. The fourth-order valence-electron chi connectivity index (χ4n) is 3.74. The quantitative estimate of drug-likeness (QED) is 0.202. The van der Waals surface area contributed by atoms with Crippen LogP contribution in [0.5, 0.6) is 0 Å². The number of anilines is 2. The minimum atomic E-state index is -1.66. The van der Waals surface area contributed by atoms with Gasteiger partial charge < -0.3 is 46.4 Å². The highest BCUT2D eigenvalue weighted by atomic mass is 32.1. The van der Waals surface area contributed by atoms with Crippen LogP contribution in [0, 0.1) is 0 Å². The number of carbonyl (C=O) groups is 4. The Labute approximate surface area is 228 Å². The lowest BCUT2D eigenvalue weighted by Gasteiger charge is -2.24. The summed E-state index contributed by atoms with van der Waals surface area (Å²) in [5, 5.41) is 33.9. The first kappa shape index (κ1) is 28.9. The first-order valence-electron chi connectivity index (χ1n) is 12.0. The average Bonchev–Trinajstić information content (AvgIpc) is 3.26. The van der Waals surface area contributed by atoms with Gasteiger partial charge in [0.15, 0.2) is 11.4 Å². The third-order valence-electron chi connectivity index (χ3n) is 5.58. The van der Waals surface area contributed by atoms with Crippen LogP contribution >= 0.6 is 11.3 Å². The van der Waals surface area contributed by atoms with Crippen molar-refractivity contribution < 1.29 is 29.4 Å². The number of carbonyl (C=O) groups excluding carboxylic acids is 4. The van der Waals surface area contributed by atoms with Gasteiger partial charge in [0.2, 0.25) is 5.91 Å². The molecule has 5 N–H and O–H groups in total. The summed E-state index contributed by atoms with van der Waals surface area (Å²) in [7, 11) is 1.59. The van der Waals surface area contributed by atoms with Crippen LogP contribution < -0.4 is 36.8 Å². The van der Waals surface area contributed by atoms with E-state index in [2.05, 4.69) is 20.9 Å². The van der Waals surface area contributed by atoms with Crippen molar-refractivity contribution in [2.24, 2.45) is 0 Å². The highest BCUT2D eigenvalue weighted by Crippen LogP contribution is 2.26. The molecule has 0 bridgehead atoms. The number of benzene rings is 2. The fourth-order valence-corrected chi connectivity index (χ4v) is 4.80. The van der Waals surface area contributed by atoms with Crippen LogP contribution in [-0.2, 0) is 30.5 Å². The molecular weight excluding hydrogens is 524 g/mol. The Balaban J connectivity index is 1.65. The van der Waals surface area contributed by atoms with Crippen molar-refractivity contribution in [3.05, 3.63) is 75.8 Å². The van der Waals surface area contributed by atoms with Gasteiger partial charge >= 0.3 is 0 Å². The fraction of sp³-hybridized carbons (Fsp3) is 0.269. The molecule has 3 aromatic rings. The SMILES string of the molecule is CNC(=O)c1ccc(CCc2sc(NC(C)=O)nc2CCc2ccc(NC(NC(=O)[O-])NC(=O)[O-])cc2)cc1. The second-order valence-corrected chi connectivity index (χ2v) is 9.57. The Kier molecular flexibility index (Phi) is 10.2. The Morgan fingerprint density at radius 2 is 1.41 bits per heavy atom. The van der Waals surface area contributed by atoms with Crippen molar-refractivity contribution in [2.75, 3.05) is 17.7 Å². The summed E-state index contributed by atoms with van der Waals surface area (Å²) >= 11 is 1.44. The Bertz CT molecular complexity index is 1290. The molecule has 0 saturated heterocycles. The Hall–Kier alpha value is -4.65. The maximum absolute atomic E-state index is 11.8. The van der Waals surface area contributed by atoms with Gasteiger partial charge in [0.1, 0.15) is 12.2 Å². The summed E-state index contributed by atoms with van der Waals surface area (Å²) in [4.78, 5) is 50.5. The molecule has 0 aliphatic rings. The van der Waals surface area contributed by atoms with Crippen LogP contribution in [0.25, 0.3) is 0 Å². The second-order valence-electron chi connectivity index (χ2n) is 8.48. The van der Waals surface area contributed by atoms with Crippen molar-refractivity contribution in [3.63, 3.8) is 0 Å². The summed E-state index contributed by atoms with van der Waals surface area (Å²) < 4.78 is 0. The van der Waals surface area contributed by atoms with E-state index in [4.69, 9.17) is 0 Å². The summed E-state index contributed by atoms with van der Waals surface area (Å²) in [6, 6.07) is 14.4. The molecule has 1 heterocycles. The van der Waals surface area contributed by atoms with Crippen LogP contribution in [0.4, 0.5) is 20.4 Å². The Morgan fingerprint density at radius 1 is 0.846 bits per heavy atom. The number of hydrogen-bond donors (Lipinski definition) is 5. The van der Waals surface area contributed by atoms with E-state index >= 15 is 0 Å². The topological polar surface area (TPSA) is 187 Å². The minimum Gasteiger partial charge on any atom is -0.530 e. The van der Waals surface area contributed by atoms with Gasteiger partial charge in [-0.2, -0.15) is 0 Å². The lowest BCUT2D eigenvalue weighted by Crippen LogP contribution is -2.58. The van der Waals surface area contributed by atoms with E-state index in [0.29, 0.717) is 35.6 Å². The zero-order valence-corrected chi connectivity index (χ0v) is 22.1. The number of nitrogens with zero attached hydrogens (tertiary/aromatic N) is 1. The van der Waals surface area contributed by atoms with Crippen LogP contribution in [0.3, 0.4) is 0 Å². The monoisotopic (exact) mass is 552 g/mol. The van der Waals surface area contributed by atoms with Gasteiger partial charge in [0, 0.05) is 30.1 Å². The number of thiazole rings is 1.